The van der Waals surface area contributed by atoms with Crippen molar-refractivity contribution < 1.29 is 9.21 Å². The van der Waals surface area contributed by atoms with E-state index in [4.69, 9.17) is 4.42 Å². The van der Waals surface area contributed by atoms with E-state index in [0.717, 1.165) is 28.0 Å². The number of hydrogen-bond donors (Lipinski definition) is 2. The number of nitrogens with one attached hydrogen (secondary N) is 2. The molecule has 0 radical (unpaired) electrons. The predicted octanol–water partition coefficient (Wildman–Crippen LogP) is 4.56. The molecule has 7 nitrogen and oxygen atoms in total. The molecule has 2 aromatic heterocycles. The number of benzene rings is 3. The summed E-state index contributed by atoms with van der Waals surface area (Å²) < 4.78 is 5.80. The van der Waals surface area contributed by atoms with Crippen LogP contribution >= 0.6 is 0 Å². The molecule has 0 unspecified atom stereocenters. The average molecular weight is 423 g/mol. The third-order valence-corrected chi connectivity index (χ3v) is 5.20. The molecule has 0 aliphatic rings. The van der Waals surface area contributed by atoms with Crippen molar-refractivity contribution in [2.24, 2.45) is 0 Å². The van der Waals surface area contributed by atoms with Crippen molar-refractivity contribution in [3.63, 3.8) is 0 Å². The number of aryl methyl sites for hydroxylation is 1. The van der Waals surface area contributed by atoms with E-state index in [-0.39, 0.29) is 5.91 Å². The molecule has 5 aromatic rings. The smallest absolute Gasteiger partial charge is 0.251 e. The molecule has 0 saturated carbocycles. The van der Waals surface area contributed by atoms with Crippen LogP contribution in [0.15, 0.2) is 77.2 Å². The number of carbonyl (C=O) groups is 1. The van der Waals surface area contributed by atoms with E-state index in [9.17, 15) is 4.79 Å². The van der Waals surface area contributed by atoms with Gasteiger partial charge in [0.15, 0.2) is 0 Å². The Labute approximate surface area is 184 Å². The van der Waals surface area contributed by atoms with Crippen molar-refractivity contribution in [3.8, 4) is 22.9 Å². The molecular weight excluding hydrogens is 402 g/mol. The molecule has 2 N–H and O–H groups in total. The van der Waals surface area contributed by atoms with E-state index in [1.54, 1.807) is 24.3 Å². The molecule has 0 aliphatic carbocycles. The lowest BCUT2D eigenvalue weighted by atomic mass is 10.1. The number of para-hydroxylation sites is 2. The summed E-state index contributed by atoms with van der Waals surface area (Å²) in [6.07, 6.45) is 0.627. The van der Waals surface area contributed by atoms with Gasteiger partial charge in [-0.1, -0.05) is 29.8 Å². The molecule has 0 fully saturated rings. The summed E-state index contributed by atoms with van der Waals surface area (Å²) in [7, 11) is 0. The van der Waals surface area contributed by atoms with E-state index >= 15 is 0 Å². The van der Waals surface area contributed by atoms with Crippen molar-refractivity contribution in [1.82, 2.24) is 25.5 Å². The molecule has 2 heterocycles. The number of H-pyrrole nitrogens is 1. The standard InChI is InChI=1S/C25H21N5O2/c1-16-6-8-18(9-7-16)24-29-30-25(32-24)19-12-10-17(11-13-19)23(31)26-15-14-22-27-20-4-2-3-5-21(20)28-22/h2-13H,14-15H2,1H3,(H,26,31)(H,27,28). The van der Waals surface area contributed by atoms with Crippen LogP contribution in [0.1, 0.15) is 21.7 Å². The van der Waals surface area contributed by atoms with Crippen LogP contribution in [0.3, 0.4) is 0 Å². The Balaban J connectivity index is 1.20. The summed E-state index contributed by atoms with van der Waals surface area (Å²) in [4.78, 5) is 20.3. The maximum absolute atomic E-state index is 12.5. The van der Waals surface area contributed by atoms with Gasteiger partial charge in [0.2, 0.25) is 11.8 Å². The summed E-state index contributed by atoms with van der Waals surface area (Å²) in [5, 5.41) is 11.2. The minimum absolute atomic E-state index is 0.140. The van der Waals surface area contributed by atoms with Crippen LogP contribution in [0.25, 0.3) is 33.9 Å². The molecular formula is C25H21N5O2. The van der Waals surface area contributed by atoms with Crippen molar-refractivity contribution in [2.45, 2.75) is 13.3 Å². The minimum atomic E-state index is -0.140. The highest BCUT2D eigenvalue weighted by molar-refractivity contribution is 5.94. The monoisotopic (exact) mass is 423 g/mol. The highest BCUT2D eigenvalue weighted by atomic mass is 16.4. The lowest BCUT2D eigenvalue weighted by molar-refractivity contribution is 0.0954. The summed E-state index contributed by atoms with van der Waals surface area (Å²) >= 11 is 0. The van der Waals surface area contributed by atoms with Gasteiger partial charge >= 0.3 is 0 Å². The normalized spacial score (nSPS) is 11.0. The van der Waals surface area contributed by atoms with Gasteiger partial charge in [0.1, 0.15) is 5.82 Å². The highest BCUT2D eigenvalue weighted by Crippen LogP contribution is 2.24. The van der Waals surface area contributed by atoms with Crippen LogP contribution in [0.5, 0.6) is 0 Å². The number of hydrogen-bond acceptors (Lipinski definition) is 5. The second-order valence-corrected chi connectivity index (χ2v) is 7.56. The first-order chi connectivity index (χ1) is 15.7. The van der Waals surface area contributed by atoms with E-state index in [1.165, 1.54) is 5.56 Å². The number of aromatic nitrogens is 4. The molecule has 0 aliphatic heterocycles. The Kier molecular flexibility index (Phi) is 5.21. The van der Waals surface area contributed by atoms with Gasteiger partial charge in [0, 0.05) is 29.7 Å². The highest BCUT2D eigenvalue weighted by Gasteiger charge is 2.12. The van der Waals surface area contributed by atoms with Crippen LogP contribution in [0.4, 0.5) is 0 Å². The van der Waals surface area contributed by atoms with Gasteiger partial charge in [0.25, 0.3) is 5.91 Å². The quantitative estimate of drug-likeness (QED) is 0.417. The maximum Gasteiger partial charge on any atom is 0.251 e. The van der Waals surface area contributed by atoms with Gasteiger partial charge < -0.3 is 14.7 Å². The van der Waals surface area contributed by atoms with Crippen molar-refractivity contribution in [3.05, 3.63) is 89.7 Å². The zero-order valence-electron chi connectivity index (χ0n) is 17.5. The lowest BCUT2D eigenvalue weighted by Gasteiger charge is -2.04. The number of rotatable bonds is 6. The molecule has 0 atom stereocenters. The van der Waals surface area contributed by atoms with Gasteiger partial charge in [-0.15, -0.1) is 10.2 Å². The topological polar surface area (TPSA) is 96.7 Å². The molecule has 32 heavy (non-hydrogen) atoms. The third-order valence-electron chi connectivity index (χ3n) is 5.20. The SMILES string of the molecule is Cc1ccc(-c2nnc(-c3ccc(C(=O)NCCc4nc5ccccc5[nH]4)cc3)o2)cc1. The third kappa shape index (κ3) is 4.13. The van der Waals surface area contributed by atoms with Gasteiger partial charge in [0.05, 0.1) is 11.0 Å². The average Bonchev–Trinajstić information content (AvgIpc) is 3.47. The molecule has 0 bridgehead atoms. The van der Waals surface area contributed by atoms with Gasteiger partial charge in [-0.2, -0.15) is 0 Å². The van der Waals surface area contributed by atoms with Crippen LogP contribution < -0.4 is 5.32 Å². The largest absolute Gasteiger partial charge is 0.416 e. The fourth-order valence-electron chi connectivity index (χ4n) is 3.44. The Bertz CT molecular complexity index is 1330. The van der Waals surface area contributed by atoms with Crippen LogP contribution in [0.2, 0.25) is 0 Å². The van der Waals surface area contributed by atoms with Gasteiger partial charge in [-0.3, -0.25) is 4.79 Å². The Morgan fingerprint density at radius 1 is 0.906 bits per heavy atom. The van der Waals surface area contributed by atoms with E-state index in [1.807, 2.05) is 55.5 Å². The molecule has 5 rings (SSSR count). The number of fused-ring (bicyclic) bond motifs is 1. The molecule has 3 aromatic carbocycles. The molecule has 158 valence electrons. The number of aromatic amines is 1. The van der Waals surface area contributed by atoms with Gasteiger partial charge in [-0.05, 0) is 55.5 Å². The predicted molar refractivity (Wildman–Crippen MR) is 122 cm³/mol. The Hall–Kier alpha value is -4.26. The molecule has 0 saturated heterocycles. The van der Waals surface area contributed by atoms with Crippen LogP contribution in [-0.2, 0) is 6.42 Å². The molecule has 7 heteroatoms. The zero-order chi connectivity index (χ0) is 21.9. The van der Waals surface area contributed by atoms with Crippen LogP contribution in [0, 0.1) is 6.92 Å². The number of imidazole rings is 1. The van der Waals surface area contributed by atoms with E-state index in [0.29, 0.717) is 30.3 Å². The summed E-state index contributed by atoms with van der Waals surface area (Å²) in [5.74, 6) is 1.59. The first-order valence-corrected chi connectivity index (χ1v) is 10.4. The number of nitrogens with zero attached hydrogens (tertiary/aromatic N) is 3. The van der Waals surface area contributed by atoms with Crippen LogP contribution in [-0.4, -0.2) is 32.6 Å². The number of amides is 1. The lowest BCUT2D eigenvalue weighted by Crippen LogP contribution is -2.25. The molecule has 1 amide bonds. The minimum Gasteiger partial charge on any atom is -0.416 e. The van der Waals surface area contributed by atoms with E-state index < -0.39 is 0 Å². The summed E-state index contributed by atoms with van der Waals surface area (Å²) in [6, 6.07) is 22.9. The molecule has 0 spiro atoms. The van der Waals surface area contributed by atoms with E-state index in [2.05, 4.69) is 25.5 Å². The first-order valence-electron chi connectivity index (χ1n) is 10.4. The first kappa shape index (κ1) is 19.7. The Morgan fingerprint density at radius 3 is 2.25 bits per heavy atom. The van der Waals surface area contributed by atoms with Crippen molar-refractivity contribution in [1.29, 1.82) is 0 Å². The fraction of sp³-hybridized carbons (Fsp3) is 0.120. The van der Waals surface area contributed by atoms with Crippen molar-refractivity contribution in [2.75, 3.05) is 6.54 Å². The second-order valence-electron chi connectivity index (χ2n) is 7.56. The summed E-state index contributed by atoms with van der Waals surface area (Å²) in [5.41, 5.74) is 5.29. The Morgan fingerprint density at radius 2 is 1.56 bits per heavy atom. The fourth-order valence-corrected chi connectivity index (χ4v) is 3.44. The maximum atomic E-state index is 12.5. The van der Waals surface area contributed by atoms with Crippen molar-refractivity contribution >= 4 is 16.9 Å². The number of carbonyl (C=O) groups excluding carboxylic acids is 1. The summed E-state index contributed by atoms with van der Waals surface area (Å²) in [6.45, 7) is 2.52. The second kappa shape index (κ2) is 8.47. The zero-order valence-corrected chi connectivity index (χ0v) is 17.5. The van der Waals surface area contributed by atoms with Gasteiger partial charge in [-0.25, -0.2) is 4.98 Å².